The number of rotatable bonds is 4. The van der Waals surface area contributed by atoms with Gasteiger partial charge < -0.3 is 5.32 Å². The standard InChI is InChI=1S/C12H13F4N/c13-10-5-1-8(2-6-10)7-17-11(9-3-4-9)12(14,15)16/h1-2,5-6,9,11,17H,3-4,7H2/t11-/m0/s1. The van der Waals surface area contributed by atoms with Crippen molar-refractivity contribution in [3.63, 3.8) is 0 Å². The van der Waals surface area contributed by atoms with Gasteiger partial charge >= 0.3 is 6.18 Å². The zero-order valence-corrected chi connectivity index (χ0v) is 9.10. The predicted molar refractivity (Wildman–Crippen MR) is 55.8 cm³/mol. The number of benzene rings is 1. The van der Waals surface area contributed by atoms with Crippen LogP contribution in [0.5, 0.6) is 0 Å². The molecule has 94 valence electrons. The Morgan fingerprint density at radius 2 is 1.76 bits per heavy atom. The second-order valence-corrected chi connectivity index (χ2v) is 4.36. The Bertz CT molecular complexity index is 367. The van der Waals surface area contributed by atoms with Gasteiger partial charge in [0.2, 0.25) is 0 Å². The van der Waals surface area contributed by atoms with E-state index in [1.165, 1.54) is 24.3 Å². The predicted octanol–water partition coefficient (Wildman–Crippen LogP) is 3.26. The molecule has 0 radical (unpaired) electrons. The fourth-order valence-electron chi connectivity index (χ4n) is 1.81. The van der Waals surface area contributed by atoms with E-state index in [-0.39, 0.29) is 18.3 Å². The van der Waals surface area contributed by atoms with Gasteiger partial charge in [0.15, 0.2) is 0 Å². The summed E-state index contributed by atoms with van der Waals surface area (Å²) in [6.07, 6.45) is -2.96. The molecule has 0 saturated heterocycles. The minimum Gasteiger partial charge on any atom is -0.302 e. The van der Waals surface area contributed by atoms with E-state index < -0.39 is 12.2 Å². The minimum absolute atomic E-state index is 0.112. The first-order valence-electron chi connectivity index (χ1n) is 5.51. The van der Waals surface area contributed by atoms with Crippen LogP contribution in [-0.2, 0) is 6.54 Å². The van der Waals surface area contributed by atoms with Crippen molar-refractivity contribution in [2.75, 3.05) is 0 Å². The molecule has 1 aromatic carbocycles. The Labute approximate surface area is 96.8 Å². The maximum absolute atomic E-state index is 12.7. The van der Waals surface area contributed by atoms with Crippen LogP contribution in [0.15, 0.2) is 24.3 Å². The first kappa shape index (κ1) is 12.4. The second kappa shape index (κ2) is 4.64. The van der Waals surface area contributed by atoms with Crippen LogP contribution in [0, 0.1) is 11.7 Å². The lowest BCUT2D eigenvalue weighted by Crippen LogP contribution is -2.43. The summed E-state index contributed by atoms with van der Waals surface area (Å²) in [5, 5.41) is 2.51. The van der Waals surface area contributed by atoms with Gasteiger partial charge in [-0.25, -0.2) is 4.39 Å². The van der Waals surface area contributed by atoms with Crippen molar-refractivity contribution in [1.82, 2.24) is 5.32 Å². The summed E-state index contributed by atoms with van der Waals surface area (Å²) in [6, 6.07) is 4.03. The summed E-state index contributed by atoms with van der Waals surface area (Å²) in [5.41, 5.74) is 0.654. The molecule has 0 bridgehead atoms. The zero-order chi connectivity index (χ0) is 12.5. The quantitative estimate of drug-likeness (QED) is 0.805. The van der Waals surface area contributed by atoms with Crippen LogP contribution >= 0.6 is 0 Å². The van der Waals surface area contributed by atoms with E-state index in [1.807, 2.05) is 0 Å². The molecule has 1 fully saturated rings. The summed E-state index contributed by atoms with van der Waals surface area (Å²) >= 11 is 0. The zero-order valence-electron chi connectivity index (χ0n) is 9.10. The molecule has 1 aliphatic carbocycles. The molecule has 1 aliphatic rings. The van der Waals surface area contributed by atoms with Gasteiger partial charge in [0.05, 0.1) is 0 Å². The van der Waals surface area contributed by atoms with E-state index in [2.05, 4.69) is 5.32 Å². The molecule has 0 amide bonds. The lowest BCUT2D eigenvalue weighted by Gasteiger charge is -2.21. The van der Waals surface area contributed by atoms with Crippen LogP contribution in [0.4, 0.5) is 17.6 Å². The number of hydrogen-bond acceptors (Lipinski definition) is 1. The molecular formula is C12H13F4N. The molecule has 0 aromatic heterocycles. The van der Waals surface area contributed by atoms with Gasteiger partial charge in [-0.1, -0.05) is 12.1 Å². The number of alkyl halides is 3. The highest BCUT2D eigenvalue weighted by molar-refractivity contribution is 5.16. The van der Waals surface area contributed by atoms with Gasteiger partial charge in [-0.05, 0) is 36.5 Å². The molecule has 0 aliphatic heterocycles. The first-order chi connectivity index (χ1) is 7.97. The number of hydrogen-bond donors (Lipinski definition) is 1. The van der Waals surface area contributed by atoms with E-state index in [4.69, 9.17) is 0 Å². The van der Waals surface area contributed by atoms with Crippen molar-refractivity contribution in [2.45, 2.75) is 31.6 Å². The molecule has 17 heavy (non-hydrogen) atoms. The monoisotopic (exact) mass is 247 g/mol. The largest absolute Gasteiger partial charge is 0.404 e. The Hall–Kier alpha value is -1.10. The number of nitrogens with one attached hydrogen (secondary N) is 1. The third-order valence-electron chi connectivity index (χ3n) is 2.89. The van der Waals surface area contributed by atoms with Crippen molar-refractivity contribution in [2.24, 2.45) is 5.92 Å². The fraction of sp³-hybridized carbons (Fsp3) is 0.500. The van der Waals surface area contributed by atoms with Crippen LogP contribution in [0.2, 0.25) is 0 Å². The van der Waals surface area contributed by atoms with Gasteiger partial charge in [-0.2, -0.15) is 13.2 Å². The third-order valence-corrected chi connectivity index (χ3v) is 2.89. The Kier molecular flexibility index (Phi) is 3.38. The van der Waals surface area contributed by atoms with Crippen LogP contribution in [0.25, 0.3) is 0 Å². The molecule has 1 aromatic rings. The summed E-state index contributed by atoms with van der Waals surface area (Å²) < 4.78 is 50.6. The van der Waals surface area contributed by atoms with Crippen molar-refractivity contribution in [1.29, 1.82) is 0 Å². The van der Waals surface area contributed by atoms with Gasteiger partial charge in [0.1, 0.15) is 11.9 Å². The SMILES string of the molecule is Fc1ccc(CN[C@@H](C2CC2)C(F)(F)F)cc1. The van der Waals surface area contributed by atoms with Crippen molar-refractivity contribution < 1.29 is 17.6 Å². The molecule has 0 heterocycles. The van der Waals surface area contributed by atoms with Crippen molar-refractivity contribution in [3.8, 4) is 0 Å². The Morgan fingerprint density at radius 3 is 2.24 bits per heavy atom. The second-order valence-electron chi connectivity index (χ2n) is 4.36. The van der Waals surface area contributed by atoms with Gasteiger partial charge in [0, 0.05) is 6.54 Å². The highest BCUT2D eigenvalue weighted by Crippen LogP contribution is 2.40. The molecule has 0 unspecified atom stereocenters. The summed E-state index contributed by atoms with van der Waals surface area (Å²) in [7, 11) is 0. The first-order valence-corrected chi connectivity index (χ1v) is 5.51. The summed E-state index contributed by atoms with van der Waals surface area (Å²) in [6.45, 7) is 0.112. The fourth-order valence-corrected chi connectivity index (χ4v) is 1.81. The highest BCUT2D eigenvalue weighted by Gasteiger charge is 2.48. The minimum atomic E-state index is -4.21. The van der Waals surface area contributed by atoms with Gasteiger partial charge in [-0.15, -0.1) is 0 Å². The lowest BCUT2D eigenvalue weighted by molar-refractivity contribution is -0.161. The van der Waals surface area contributed by atoms with Gasteiger partial charge in [-0.3, -0.25) is 0 Å². The molecule has 0 spiro atoms. The van der Waals surface area contributed by atoms with E-state index in [0.717, 1.165) is 0 Å². The molecule has 1 saturated carbocycles. The van der Waals surface area contributed by atoms with Crippen LogP contribution in [0.3, 0.4) is 0 Å². The molecular weight excluding hydrogens is 234 g/mol. The maximum atomic E-state index is 12.7. The molecule has 1 atom stereocenters. The van der Waals surface area contributed by atoms with Crippen LogP contribution in [-0.4, -0.2) is 12.2 Å². The van der Waals surface area contributed by atoms with E-state index in [9.17, 15) is 17.6 Å². The average Bonchev–Trinajstić information content (AvgIpc) is 3.03. The third kappa shape index (κ3) is 3.43. The highest BCUT2D eigenvalue weighted by atomic mass is 19.4. The molecule has 1 N–H and O–H groups in total. The normalized spacial score (nSPS) is 18.1. The maximum Gasteiger partial charge on any atom is 0.404 e. The number of halogens is 4. The topological polar surface area (TPSA) is 12.0 Å². The van der Waals surface area contributed by atoms with E-state index in [1.54, 1.807) is 0 Å². The summed E-state index contributed by atoms with van der Waals surface area (Å²) in [4.78, 5) is 0. The van der Waals surface area contributed by atoms with E-state index in [0.29, 0.717) is 18.4 Å². The Morgan fingerprint density at radius 1 is 1.18 bits per heavy atom. The van der Waals surface area contributed by atoms with Gasteiger partial charge in [0.25, 0.3) is 0 Å². The van der Waals surface area contributed by atoms with E-state index >= 15 is 0 Å². The van der Waals surface area contributed by atoms with Crippen molar-refractivity contribution in [3.05, 3.63) is 35.6 Å². The lowest BCUT2D eigenvalue weighted by atomic mass is 10.1. The molecule has 2 rings (SSSR count). The molecule has 1 nitrogen and oxygen atoms in total. The van der Waals surface area contributed by atoms with Crippen molar-refractivity contribution >= 4 is 0 Å². The Balaban J connectivity index is 1.93. The van der Waals surface area contributed by atoms with Crippen LogP contribution < -0.4 is 5.32 Å². The smallest absolute Gasteiger partial charge is 0.302 e. The van der Waals surface area contributed by atoms with Crippen LogP contribution in [0.1, 0.15) is 18.4 Å². The molecule has 5 heteroatoms. The summed E-state index contributed by atoms with van der Waals surface area (Å²) in [5.74, 6) is -0.682. The average molecular weight is 247 g/mol.